The third-order valence-corrected chi connectivity index (χ3v) is 3.67. The largest absolute Gasteiger partial charge is 0.497 e. The van der Waals surface area contributed by atoms with Gasteiger partial charge in [-0.05, 0) is 45.3 Å². The van der Waals surface area contributed by atoms with Crippen molar-refractivity contribution in [3.8, 4) is 17.0 Å². The molecular formula is C17H22N6O. The maximum absolute atomic E-state index is 5.21. The quantitative estimate of drug-likeness (QED) is 0.749. The number of ether oxygens (including phenoxy) is 1. The zero-order valence-corrected chi connectivity index (χ0v) is 14.4. The van der Waals surface area contributed by atoms with E-state index in [1.54, 1.807) is 11.6 Å². The van der Waals surface area contributed by atoms with Gasteiger partial charge in [0, 0.05) is 24.2 Å². The number of anilines is 1. The molecule has 0 radical (unpaired) electrons. The fourth-order valence-corrected chi connectivity index (χ4v) is 2.67. The molecule has 0 unspecified atom stereocenters. The molecule has 7 nitrogen and oxygen atoms in total. The van der Waals surface area contributed by atoms with Crippen LogP contribution in [0.5, 0.6) is 5.75 Å². The van der Waals surface area contributed by atoms with E-state index in [2.05, 4.69) is 46.3 Å². The molecule has 0 saturated heterocycles. The lowest BCUT2D eigenvalue weighted by Gasteiger charge is -2.20. The van der Waals surface area contributed by atoms with Gasteiger partial charge in [0.2, 0.25) is 0 Å². The van der Waals surface area contributed by atoms with Crippen LogP contribution in [0.15, 0.2) is 36.7 Å². The summed E-state index contributed by atoms with van der Waals surface area (Å²) in [7, 11) is 5.76. The van der Waals surface area contributed by atoms with Crippen LogP contribution in [0.3, 0.4) is 0 Å². The number of nitrogens with zero attached hydrogens (tertiary/aromatic N) is 5. The maximum atomic E-state index is 5.21. The SMILES string of the molecule is COc1ccc(-c2cc(N[C@@H](C)CN(C)C)n3ncnc3n2)cc1. The van der Waals surface area contributed by atoms with Crippen molar-refractivity contribution in [3.63, 3.8) is 0 Å². The van der Waals surface area contributed by atoms with Crippen LogP contribution in [0.1, 0.15) is 6.92 Å². The second-order valence-corrected chi connectivity index (χ2v) is 6.03. The Balaban J connectivity index is 1.97. The molecule has 0 spiro atoms. The van der Waals surface area contributed by atoms with Gasteiger partial charge in [0.25, 0.3) is 5.78 Å². The Morgan fingerprint density at radius 1 is 1.25 bits per heavy atom. The van der Waals surface area contributed by atoms with Gasteiger partial charge in [-0.3, -0.25) is 0 Å². The first-order valence-electron chi connectivity index (χ1n) is 7.83. The molecule has 3 aromatic rings. The molecule has 0 fully saturated rings. The molecule has 0 amide bonds. The van der Waals surface area contributed by atoms with E-state index >= 15 is 0 Å². The highest BCUT2D eigenvalue weighted by molar-refractivity contribution is 5.66. The van der Waals surface area contributed by atoms with E-state index in [0.717, 1.165) is 29.4 Å². The normalized spacial score (nSPS) is 12.5. The number of nitrogens with one attached hydrogen (secondary N) is 1. The molecule has 0 aliphatic rings. The van der Waals surface area contributed by atoms with Gasteiger partial charge in [-0.1, -0.05) is 0 Å². The van der Waals surface area contributed by atoms with Gasteiger partial charge in [0.15, 0.2) is 0 Å². The van der Waals surface area contributed by atoms with Crippen LogP contribution in [0.4, 0.5) is 5.82 Å². The molecule has 0 bridgehead atoms. The average molecular weight is 326 g/mol. The first-order valence-corrected chi connectivity index (χ1v) is 7.83. The predicted molar refractivity (Wildman–Crippen MR) is 94.4 cm³/mol. The molecule has 1 N–H and O–H groups in total. The standard InChI is InChI=1S/C17H22N6O/c1-12(10-22(2)3)20-16-9-15(21-17-18-11-19-23(16)17)13-5-7-14(24-4)8-6-13/h5-9,11-12,20H,10H2,1-4H3/t12-/m0/s1. The molecular weight excluding hydrogens is 304 g/mol. The summed E-state index contributed by atoms with van der Waals surface area (Å²) in [5.74, 6) is 2.26. The van der Waals surface area contributed by atoms with Crippen molar-refractivity contribution in [1.29, 1.82) is 0 Å². The molecule has 1 atom stereocenters. The average Bonchev–Trinajstić information content (AvgIpc) is 3.03. The van der Waals surface area contributed by atoms with Crippen LogP contribution in [0.2, 0.25) is 0 Å². The van der Waals surface area contributed by atoms with E-state index in [9.17, 15) is 0 Å². The van der Waals surface area contributed by atoms with E-state index in [4.69, 9.17) is 4.74 Å². The van der Waals surface area contributed by atoms with Crippen LogP contribution in [0.25, 0.3) is 17.0 Å². The van der Waals surface area contributed by atoms with Crippen LogP contribution >= 0.6 is 0 Å². The van der Waals surface area contributed by atoms with Crippen molar-refractivity contribution < 1.29 is 4.74 Å². The number of benzene rings is 1. The van der Waals surface area contributed by atoms with Crippen molar-refractivity contribution in [2.75, 3.05) is 33.1 Å². The topological polar surface area (TPSA) is 67.6 Å². The number of rotatable bonds is 6. The van der Waals surface area contributed by atoms with E-state index in [1.165, 1.54) is 6.33 Å². The van der Waals surface area contributed by atoms with E-state index < -0.39 is 0 Å². The molecule has 2 aromatic heterocycles. The Kier molecular flexibility index (Phi) is 4.61. The molecule has 3 rings (SSSR count). The lowest BCUT2D eigenvalue weighted by Crippen LogP contribution is -2.30. The predicted octanol–water partition coefficient (Wildman–Crippen LogP) is 2.16. The third kappa shape index (κ3) is 3.46. The van der Waals surface area contributed by atoms with Crippen molar-refractivity contribution in [2.45, 2.75) is 13.0 Å². The van der Waals surface area contributed by atoms with Gasteiger partial charge in [0.05, 0.1) is 12.8 Å². The number of hydrogen-bond donors (Lipinski definition) is 1. The Morgan fingerprint density at radius 2 is 2.00 bits per heavy atom. The number of fused-ring (bicyclic) bond motifs is 1. The van der Waals surface area contributed by atoms with Crippen molar-refractivity contribution in [3.05, 3.63) is 36.7 Å². The van der Waals surface area contributed by atoms with Gasteiger partial charge in [-0.25, -0.2) is 4.98 Å². The van der Waals surface area contributed by atoms with Crippen LogP contribution in [-0.2, 0) is 0 Å². The summed E-state index contributed by atoms with van der Waals surface area (Å²) in [4.78, 5) is 11.0. The second kappa shape index (κ2) is 6.84. The van der Waals surface area contributed by atoms with Crippen molar-refractivity contribution in [2.24, 2.45) is 0 Å². The van der Waals surface area contributed by atoms with Gasteiger partial charge in [-0.2, -0.15) is 14.6 Å². The highest BCUT2D eigenvalue weighted by Gasteiger charge is 2.12. The molecule has 0 aliphatic heterocycles. The zero-order valence-electron chi connectivity index (χ0n) is 14.4. The minimum absolute atomic E-state index is 0.263. The smallest absolute Gasteiger partial charge is 0.254 e. The van der Waals surface area contributed by atoms with Gasteiger partial charge in [-0.15, -0.1) is 0 Å². The van der Waals surface area contributed by atoms with E-state index in [0.29, 0.717) is 5.78 Å². The molecule has 7 heteroatoms. The first kappa shape index (κ1) is 16.2. The Bertz CT molecular complexity index is 812. The van der Waals surface area contributed by atoms with Crippen molar-refractivity contribution in [1.82, 2.24) is 24.5 Å². The molecule has 0 saturated carbocycles. The van der Waals surface area contributed by atoms with Gasteiger partial charge >= 0.3 is 0 Å². The fourth-order valence-electron chi connectivity index (χ4n) is 2.67. The minimum Gasteiger partial charge on any atom is -0.497 e. The van der Waals surface area contributed by atoms with E-state index in [-0.39, 0.29) is 6.04 Å². The third-order valence-electron chi connectivity index (χ3n) is 3.67. The number of methoxy groups -OCH3 is 1. The molecule has 126 valence electrons. The monoisotopic (exact) mass is 326 g/mol. The first-order chi connectivity index (χ1) is 11.6. The number of likely N-dealkylation sites (N-methyl/N-ethyl adjacent to an activating group) is 1. The highest BCUT2D eigenvalue weighted by Crippen LogP contribution is 2.24. The highest BCUT2D eigenvalue weighted by atomic mass is 16.5. The second-order valence-electron chi connectivity index (χ2n) is 6.03. The summed E-state index contributed by atoms with van der Waals surface area (Å²) in [5, 5.41) is 7.75. The van der Waals surface area contributed by atoms with E-state index in [1.807, 2.05) is 30.3 Å². The zero-order chi connectivity index (χ0) is 17.1. The van der Waals surface area contributed by atoms with Crippen LogP contribution in [-0.4, -0.2) is 58.3 Å². The Labute approximate surface area is 141 Å². The Hall–Kier alpha value is -2.67. The summed E-state index contributed by atoms with van der Waals surface area (Å²) in [6.45, 7) is 3.05. The summed E-state index contributed by atoms with van der Waals surface area (Å²) in [6, 6.07) is 10.1. The van der Waals surface area contributed by atoms with Gasteiger partial charge < -0.3 is 15.0 Å². The molecule has 0 aliphatic carbocycles. The molecule has 24 heavy (non-hydrogen) atoms. The maximum Gasteiger partial charge on any atom is 0.254 e. The fraction of sp³-hybridized carbons (Fsp3) is 0.353. The molecule has 1 aromatic carbocycles. The lowest BCUT2D eigenvalue weighted by molar-refractivity contribution is 0.391. The summed E-state index contributed by atoms with van der Waals surface area (Å²) in [6.07, 6.45) is 1.52. The summed E-state index contributed by atoms with van der Waals surface area (Å²) in [5.41, 5.74) is 1.85. The molecule has 2 heterocycles. The van der Waals surface area contributed by atoms with Crippen LogP contribution < -0.4 is 10.1 Å². The summed E-state index contributed by atoms with van der Waals surface area (Å²) < 4.78 is 6.93. The minimum atomic E-state index is 0.263. The number of aromatic nitrogens is 4. The summed E-state index contributed by atoms with van der Waals surface area (Å²) >= 11 is 0. The number of hydrogen-bond acceptors (Lipinski definition) is 6. The lowest BCUT2D eigenvalue weighted by atomic mass is 10.1. The Morgan fingerprint density at radius 3 is 2.67 bits per heavy atom. The van der Waals surface area contributed by atoms with Crippen LogP contribution in [0, 0.1) is 0 Å². The van der Waals surface area contributed by atoms with Crippen molar-refractivity contribution >= 4 is 11.6 Å². The van der Waals surface area contributed by atoms with Gasteiger partial charge in [0.1, 0.15) is 17.9 Å².